The Bertz CT molecular complexity index is 2360. The number of benzene rings is 2. The number of carbonyl (C=O) groups is 8. The number of amides is 7. The number of carboxylic acids is 1. The second kappa shape index (κ2) is 27.9. The van der Waals surface area contributed by atoms with Crippen molar-refractivity contribution >= 4 is 53.3 Å². The van der Waals surface area contributed by atoms with E-state index in [-0.39, 0.29) is 63.4 Å². The largest absolute Gasteiger partial charge is 0.508 e. The molecule has 1 saturated heterocycles. The zero-order chi connectivity index (χ0) is 53.9. The predicted octanol–water partition coefficient (Wildman–Crippen LogP) is -1.97. The third-order valence-electron chi connectivity index (χ3n) is 12.2. The van der Waals surface area contributed by atoms with Crippen molar-refractivity contribution in [2.75, 3.05) is 33.7 Å². The number of hydrogen-bond donors (Lipinski definition) is 12. The number of H-pyrrole nitrogens is 1. The van der Waals surface area contributed by atoms with Crippen molar-refractivity contribution < 1.29 is 53.7 Å². The van der Waals surface area contributed by atoms with E-state index in [1.165, 1.54) is 31.7 Å². The molecule has 398 valence electrons. The first kappa shape index (κ1) is 58.0. The first-order chi connectivity index (χ1) is 34.6. The molecule has 0 bridgehead atoms. The number of phenols is 1. The van der Waals surface area contributed by atoms with E-state index in [1.807, 2.05) is 0 Å². The number of hydrogen-bond acceptors (Lipinski definition) is 13. The maximum atomic E-state index is 14.6. The summed E-state index contributed by atoms with van der Waals surface area (Å²) in [5.41, 5.74) is 12.5. The van der Waals surface area contributed by atoms with Crippen LogP contribution < -0.4 is 43.4 Å². The summed E-state index contributed by atoms with van der Waals surface area (Å²) in [4.78, 5) is 124. The number of aliphatic imine (C=N–C) groups is 1. The SMILES string of the molecule is CNCC(=O)N[C@@H](CCCN=C(N)N)C(=O)N[C@H](C(=O)N[C@@H](Cc1ccc(O)cc1)C(=O)N[C@H](C(=O)N[C@@H](Cc1cnc[nH]1)C(=O)N1C[C@H](O)C[C@H]1C(=O)N(C)[C@@H](Cc1ccccc1)C(=O)O)C(C)C)C(C)C. The summed E-state index contributed by atoms with van der Waals surface area (Å²) in [5, 5.41) is 47.3. The summed E-state index contributed by atoms with van der Waals surface area (Å²) in [6.45, 7) is 6.41. The van der Waals surface area contributed by atoms with Crippen LogP contribution in [-0.4, -0.2) is 170 Å². The van der Waals surface area contributed by atoms with E-state index in [0.717, 1.165) is 9.80 Å². The summed E-state index contributed by atoms with van der Waals surface area (Å²) >= 11 is 0. The van der Waals surface area contributed by atoms with Gasteiger partial charge in [0.15, 0.2) is 5.96 Å². The van der Waals surface area contributed by atoms with Crippen LogP contribution in [0.4, 0.5) is 0 Å². The Kier molecular flexibility index (Phi) is 22.1. The maximum absolute atomic E-state index is 14.6. The highest BCUT2D eigenvalue weighted by molar-refractivity contribution is 5.98. The van der Waals surface area contributed by atoms with Crippen LogP contribution in [0, 0.1) is 11.8 Å². The zero-order valence-electron chi connectivity index (χ0n) is 42.0. The van der Waals surface area contributed by atoms with E-state index < -0.39 is 108 Å². The molecule has 1 fully saturated rings. The Hall–Kier alpha value is -7.60. The fourth-order valence-electron chi connectivity index (χ4n) is 8.28. The molecule has 73 heavy (non-hydrogen) atoms. The average molecular weight is 1020 g/mol. The summed E-state index contributed by atoms with van der Waals surface area (Å²) in [6, 6.07) is 5.51. The number of β-amino-alcohol motifs (C(OH)–C–C–N with tert-alkyl or cyclic N) is 1. The molecule has 0 spiro atoms. The van der Waals surface area contributed by atoms with Crippen LogP contribution in [0.15, 0.2) is 72.1 Å². The van der Waals surface area contributed by atoms with Crippen LogP contribution in [-0.2, 0) is 57.6 Å². The van der Waals surface area contributed by atoms with Crippen LogP contribution >= 0.6 is 0 Å². The van der Waals surface area contributed by atoms with Gasteiger partial charge in [-0.05, 0) is 55.0 Å². The van der Waals surface area contributed by atoms with Crippen molar-refractivity contribution in [1.29, 1.82) is 0 Å². The number of aliphatic carboxylic acids is 1. The third-order valence-corrected chi connectivity index (χ3v) is 12.2. The minimum Gasteiger partial charge on any atom is -0.508 e. The van der Waals surface area contributed by atoms with E-state index in [1.54, 1.807) is 77.2 Å². The number of aromatic hydroxyl groups is 1. The van der Waals surface area contributed by atoms with Gasteiger partial charge in [0.1, 0.15) is 48.0 Å². The van der Waals surface area contributed by atoms with Crippen molar-refractivity contribution in [2.45, 2.75) is 115 Å². The summed E-state index contributed by atoms with van der Waals surface area (Å²) < 4.78 is 0. The Morgan fingerprint density at radius 2 is 1.38 bits per heavy atom. The first-order valence-electron chi connectivity index (χ1n) is 24.1. The van der Waals surface area contributed by atoms with E-state index in [2.05, 4.69) is 46.9 Å². The molecule has 2 aromatic carbocycles. The van der Waals surface area contributed by atoms with E-state index in [0.29, 0.717) is 23.2 Å². The van der Waals surface area contributed by atoms with Gasteiger partial charge in [0.2, 0.25) is 41.4 Å². The number of imidazole rings is 1. The van der Waals surface area contributed by atoms with Gasteiger partial charge in [-0.3, -0.25) is 38.6 Å². The van der Waals surface area contributed by atoms with Crippen molar-refractivity contribution in [1.82, 2.24) is 51.7 Å². The number of aromatic nitrogens is 2. The van der Waals surface area contributed by atoms with Crippen LogP contribution in [0.1, 0.15) is 63.8 Å². The summed E-state index contributed by atoms with van der Waals surface area (Å²) in [6.07, 6.45) is 1.51. The highest BCUT2D eigenvalue weighted by Gasteiger charge is 2.45. The van der Waals surface area contributed by atoms with Crippen molar-refractivity contribution in [2.24, 2.45) is 28.3 Å². The third kappa shape index (κ3) is 17.6. The number of aromatic amines is 1. The molecule has 0 saturated carbocycles. The van der Waals surface area contributed by atoms with Crippen molar-refractivity contribution in [3.8, 4) is 5.75 Å². The lowest BCUT2D eigenvalue weighted by molar-refractivity contribution is -0.153. The lowest BCUT2D eigenvalue weighted by Crippen LogP contribution is -2.62. The van der Waals surface area contributed by atoms with Gasteiger partial charge < -0.3 is 73.5 Å². The van der Waals surface area contributed by atoms with Gasteiger partial charge in [0, 0.05) is 57.7 Å². The van der Waals surface area contributed by atoms with Crippen LogP contribution in [0.3, 0.4) is 0 Å². The molecular formula is C49H71N13O11. The predicted molar refractivity (Wildman–Crippen MR) is 268 cm³/mol. The number of guanidine groups is 1. The number of aliphatic hydroxyl groups is 1. The molecule has 0 unspecified atom stereocenters. The Morgan fingerprint density at radius 3 is 1.93 bits per heavy atom. The number of nitrogens with one attached hydrogen (secondary N) is 7. The standard InChI is InChI=1S/C49H71N13O11/c1-27(2)40(59-42(66)34(56-39(65)24-52-5)13-10-18-54-49(50)51)44(68)57-35(19-30-14-16-32(63)17-15-30)43(67)60-41(28(3)4)45(69)58-36(21-31-23-53-26-55-31)46(70)62-25-33(64)22-37(62)47(71)61(6)38(48(72)73)20-29-11-8-7-9-12-29/h7-9,11-12,14-17,23,26-28,33-38,40-41,52,63-64H,10,13,18-22,24-25H2,1-6H3,(H,53,55)(H,56,65)(H,57,68)(H,58,69)(H,59,66)(H,60,67)(H,72,73)(H4,50,51,54)/t33-,34+,35+,36+,37+,38+,40+,41+/m1/s1. The Morgan fingerprint density at radius 1 is 0.795 bits per heavy atom. The van der Waals surface area contributed by atoms with Gasteiger partial charge in [-0.15, -0.1) is 0 Å². The van der Waals surface area contributed by atoms with Gasteiger partial charge in [0.25, 0.3) is 0 Å². The molecule has 0 radical (unpaired) electrons. The topological polar surface area (TPSA) is 369 Å². The molecule has 0 aliphatic carbocycles. The highest BCUT2D eigenvalue weighted by Crippen LogP contribution is 2.24. The summed E-state index contributed by atoms with van der Waals surface area (Å²) in [7, 11) is 2.88. The second-order valence-corrected chi connectivity index (χ2v) is 18.7. The number of phenolic OH excluding ortho intramolecular Hbond substituents is 1. The number of likely N-dealkylation sites (N-methyl/N-ethyl adjacent to an activating group) is 2. The lowest BCUT2D eigenvalue weighted by atomic mass is 9.98. The molecule has 24 heteroatoms. The highest BCUT2D eigenvalue weighted by atomic mass is 16.4. The average Bonchev–Trinajstić information content (AvgIpc) is 4.01. The molecule has 1 aliphatic heterocycles. The molecule has 3 aromatic rings. The first-order valence-corrected chi connectivity index (χ1v) is 24.1. The molecule has 8 atom stereocenters. The van der Waals surface area contributed by atoms with E-state index in [9.17, 15) is 53.7 Å². The molecule has 24 nitrogen and oxygen atoms in total. The molecule has 4 rings (SSSR count). The number of aliphatic hydroxyl groups excluding tert-OH is 1. The van der Waals surface area contributed by atoms with E-state index in [4.69, 9.17) is 11.5 Å². The molecule has 14 N–H and O–H groups in total. The molecular weight excluding hydrogens is 947 g/mol. The molecule has 1 aliphatic rings. The minimum atomic E-state index is -1.40. The number of nitrogens with two attached hydrogens (primary N) is 2. The van der Waals surface area contributed by atoms with E-state index >= 15 is 0 Å². The van der Waals surface area contributed by atoms with Crippen molar-refractivity contribution in [3.63, 3.8) is 0 Å². The van der Waals surface area contributed by atoms with Gasteiger partial charge in [-0.1, -0.05) is 70.2 Å². The van der Waals surface area contributed by atoms with Gasteiger partial charge >= 0.3 is 5.97 Å². The number of rotatable bonds is 27. The molecule has 7 amide bonds. The zero-order valence-corrected chi connectivity index (χ0v) is 42.0. The summed E-state index contributed by atoms with van der Waals surface area (Å²) in [5.74, 6) is -7.73. The Balaban J connectivity index is 1.59. The fraction of sp³-hybridized carbons (Fsp3) is 0.510. The van der Waals surface area contributed by atoms with Crippen LogP contribution in [0.2, 0.25) is 0 Å². The Labute approximate surface area is 423 Å². The number of carbonyl (C=O) groups excluding carboxylic acids is 7. The normalized spacial score (nSPS) is 16.8. The van der Waals surface area contributed by atoms with Gasteiger partial charge in [-0.25, -0.2) is 9.78 Å². The smallest absolute Gasteiger partial charge is 0.326 e. The maximum Gasteiger partial charge on any atom is 0.326 e. The number of carboxylic acid groups (broad SMARTS) is 1. The molecule has 1 aromatic heterocycles. The molecule has 2 heterocycles. The monoisotopic (exact) mass is 1020 g/mol. The minimum absolute atomic E-state index is 0.0286. The quantitative estimate of drug-likeness (QED) is 0.0224. The number of likely N-dealkylation sites (tertiary alicyclic amines) is 1. The van der Waals surface area contributed by atoms with Gasteiger partial charge in [-0.2, -0.15) is 0 Å². The fourth-order valence-corrected chi connectivity index (χ4v) is 8.28. The van der Waals surface area contributed by atoms with Crippen LogP contribution in [0.25, 0.3) is 0 Å². The van der Waals surface area contributed by atoms with Crippen molar-refractivity contribution in [3.05, 3.63) is 83.9 Å². The number of nitrogens with zero attached hydrogens (tertiary/aromatic N) is 4. The van der Waals surface area contributed by atoms with Gasteiger partial charge in [0.05, 0.1) is 19.0 Å². The van der Waals surface area contributed by atoms with Crippen LogP contribution in [0.5, 0.6) is 5.75 Å². The lowest BCUT2D eigenvalue weighted by Gasteiger charge is -2.33. The second-order valence-electron chi connectivity index (χ2n) is 18.7.